The molecule has 0 atom stereocenters. The fourth-order valence-electron chi connectivity index (χ4n) is 7.22. The minimum atomic E-state index is -0.975. The normalized spacial score (nSPS) is 14.1. The van der Waals surface area contributed by atoms with Crippen LogP contribution in [0.1, 0.15) is 22.5 Å². The van der Waals surface area contributed by atoms with Crippen molar-refractivity contribution in [2.24, 2.45) is 0 Å². The summed E-state index contributed by atoms with van der Waals surface area (Å²) < 4.78 is 11.0. The average Bonchev–Trinajstić information content (AvgIpc) is 3.75. The first-order chi connectivity index (χ1) is 28.4. The van der Waals surface area contributed by atoms with Crippen LogP contribution in [-0.2, 0) is 28.7 Å². The summed E-state index contributed by atoms with van der Waals surface area (Å²) in [6.45, 7) is 0. The fraction of sp³-hybridized carbons (Fsp3) is 0. The van der Waals surface area contributed by atoms with Gasteiger partial charge in [-0.05, 0) is 35.4 Å². The summed E-state index contributed by atoms with van der Waals surface area (Å²) in [4.78, 5) is 72.3. The summed E-state index contributed by atoms with van der Waals surface area (Å²) in [7, 11) is 0. The van der Waals surface area contributed by atoms with Gasteiger partial charge >= 0.3 is 11.9 Å². The molecule has 2 aliphatic rings. The zero-order valence-electron chi connectivity index (χ0n) is 30.2. The number of aromatic nitrogens is 4. The number of fused-ring (bicyclic) bond motifs is 2. The van der Waals surface area contributed by atoms with Gasteiger partial charge in [-0.1, -0.05) is 133 Å². The molecule has 0 saturated heterocycles. The van der Waals surface area contributed by atoms with Crippen LogP contribution in [0.2, 0.25) is 0 Å². The Kier molecular flexibility index (Phi) is 8.16. The van der Waals surface area contributed by atoms with Gasteiger partial charge in [-0.3, -0.25) is 9.59 Å². The second-order valence-electron chi connectivity index (χ2n) is 13.6. The minimum Gasteiger partial charge on any atom is -0.419 e. The molecule has 8 aromatic rings. The molecule has 6 aromatic carbocycles. The van der Waals surface area contributed by atoms with Crippen LogP contribution in [0, 0.1) is 0 Å². The maximum absolute atomic E-state index is 13.4. The summed E-state index contributed by atoms with van der Waals surface area (Å²) in [6.07, 6.45) is 0. The summed E-state index contributed by atoms with van der Waals surface area (Å²) in [5.41, 5.74) is 7.68. The number of esters is 2. The third-order valence-corrected chi connectivity index (χ3v) is 9.97. The van der Waals surface area contributed by atoms with Crippen LogP contribution in [0.5, 0.6) is 0 Å². The number of benzene rings is 6. The number of cyclic esters (lactones) is 2. The smallest absolute Gasteiger partial charge is 0.385 e. The average molecular weight is 755 g/mol. The lowest BCUT2D eigenvalue weighted by atomic mass is 9.97. The monoisotopic (exact) mass is 754 g/mol. The van der Waals surface area contributed by atoms with Crippen molar-refractivity contribution >= 4 is 68.2 Å². The van der Waals surface area contributed by atoms with Crippen LogP contribution in [-0.4, -0.2) is 43.4 Å². The molecule has 0 saturated carbocycles. The van der Waals surface area contributed by atoms with Crippen LogP contribution < -0.4 is 0 Å². The number of hydrogen-bond acceptors (Lipinski definition) is 10. The van der Waals surface area contributed by atoms with Crippen molar-refractivity contribution < 1.29 is 28.7 Å². The van der Waals surface area contributed by atoms with Gasteiger partial charge in [0.1, 0.15) is 22.5 Å². The van der Waals surface area contributed by atoms with E-state index in [0.29, 0.717) is 55.7 Å². The summed E-state index contributed by atoms with van der Waals surface area (Å²) in [5, 5.41) is 0. The molecule has 2 aromatic heterocycles. The predicted molar refractivity (Wildman–Crippen MR) is 218 cm³/mol. The van der Waals surface area contributed by atoms with Crippen molar-refractivity contribution in [2.75, 3.05) is 0 Å². The van der Waals surface area contributed by atoms with Crippen molar-refractivity contribution in [2.45, 2.75) is 0 Å². The Morgan fingerprint density at radius 2 is 0.638 bits per heavy atom. The third-order valence-electron chi connectivity index (χ3n) is 9.97. The first kappa shape index (κ1) is 34.3. The highest BCUT2D eigenvalue weighted by atomic mass is 16.6. The highest BCUT2D eigenvalue weighted by molar-refractivity contribution is 6.58. The van der Waals surface area contributed by atoms with Crippen molar-refractivity contribution in [3.63, 3.8) is 0 Å². The molecular weight excluding hydrogens is 729 g/mol. The fourth-order valence-corrected chi connectivity index (χ4v) is 7.22. The van der Waals surface area contributed by atoms with Crippen LogP contribution in [0.3, 0.4) is 0 Å². The Labute approximate surface area is 329 Å². The summed E-state index contributed by atoms with van der Waals surface area (Å²) >= 11 is 0. The van der Waals surface area contributed by atoms with Crippen LogP contribution in [0.25, 0.3) is 78.4 Å². The van der Waals surface area contributed by atoms with Gasteiger partial charge in [0.2, 0.25) is 0 Å². The van der Waals surface area contributed by atoms with E-state index >= 15 is 0 Å². The van der Waals surface area contributed by atoms with Gasteiger partial charge in [-0.2, -0.15) is 0 Å². The number of rotatable bonds is 7. The van der Waals surface area contributed by atoms with Gasteiger partial charge in [0.25, 0.3) is 11.6 Å². The first-order valence-electron chi connectivity index (χ1n) is 18.3. The van der Waals surface area contributed by atoms with Gasteiger partial charge in [-0.25, -0.2) is 29.5 Å². The zero-order valence-corrected chi connectivity index (χ0v) is 30.2. The lowest BCUT2D eigenvalue weighted by Crippen LogP contribution is -2.11. The Morgan fingerprint density at radius 1 is 0.310 bits per heavy atom. The Bertz CT molecular complexity index is 2900. The van der Waals surface area contributed by atoms with Gasteiger partial charge < -0.3 is 9.47 Å². The Balaban J connectivity index is 1.12. The lowest BCUT2D eigenvalue weighted by molar-refractivity contribution is -0.144. The predicted octanol–water partition coefficient (Wildman–Crippen LogP) is 8.56. The minimum absolute atomic E-state index is 0.0529. The number of carbonyl (C=O) groups is 4. The molecule has 0 fully saturated rings. The number of nitrogens with zero attached hydrogens (tertiary/aromatic N) is 4. The number of Topliss-reactive ketones (excluding diaryl/α,β-unsaturated/α-hetero) is 2. The highest BCUT2D eigenvalue weighted by Gasteiger charge is 2.39. The van der Waals surface area contributed by atoms with Crippen molar-refractivity contribution in [3.8, 4) is 33.6 Å². The molecule has 274 valence electrons. The van der Waals surface area contributed by atoms with Gasteiger partial charge in [0.15, 0.2) is 11.5 Å². The van der Waals surface area contributed by atoms with E-state index < -0.39 is 23.5 Å². The lowest BCUT2D eigenvalue weighted by Gasteiger charge is -2.13. The third kappa shape index (κ3) is 5.84. The number of hydrogen-bond donors (Lipinski definition) is 0. The molecule has 0 bridgehead atoms. The van der Waals surface area contributed by atoms with Crippen molar-refractivity contribution in [3.05, 3.63) is 180 Å². The highest BCUT2D eigenvalue weighted by Crippen LogP contribution is 2.40. The summed E-state index contributed by atoms with van der Waals surface area (Å²) in [5.74, 6) is -3.26. The molecule has 10 nitrogen and oxygen atoms in total. The molecule has 4 heterocycles. The van der Waals surface area contributed by atoms with E-state index in [9.17, 15) is 19.2 Å². The quantitative estimate of drug-likeness (QED) is 0.115. The van der Waals surface area contributed by atoms with Crippen LogP contribution in [0.4, 0.5) is 0 Å². The summed E-state index contributed by atoms with van der Waals surface area (Å²) in [6, 6.07) is 47.9. The van der Waals surface area contributed by atoms with E-state index in [1.807, 2.05) is 109 Å². The second kappa shape index (κ2) is 13.8. The first-order valence-corrected chi connectivity index (χ1v) is 18.3. The van der Waals surface area contributed by atoms with Gasteiger partial charge in [0, 0.05) is 22.3 Å². The van der Waals surface area contributed by atoms with E-state index in [4.69, 9.17) is 29.4 Å². The van der Waals surface area contributed by atoms with Crippen molar-refractivity contribution in [1.82, 2.24) is 19.9 Å². The van der Waals surface area contributed by atoms with Crippen LogP contribution >= 0.6 is 0 Å². The van der Waals surface area contributed by atoms with E-state index in [1.54, 1.807) is 48.5 Å². The molecule has 0 radical (unpaired) electrons. The molecule has 0 N–H and O–H groups in total. The van der Waals surface area contributed by atoms with Crippen molar-refractivity contribution in [1.29, 1.82) is 0 Å². The standard InChI is InChI=1S/C48H26N4O6/c53-43-37(45(57-47(43)55)29-17-9-3-10-18-29)41-39(27-13-5-1-6-14-27)51-35-25-31(21-23-33(35)49-41)32-22-24-34-36(26-32)52-40(28-15-7-2-8-16-28)42(50-34)38-44(54)48(56)58-46(38)30-19-11-4-12-20-30/h1-26H. The molecule has 0 amide bonds. The largest absolute Gasteiger partial charge is 0.419 e. The molecule has 0 spiro atoms. The Morgan fingerprint density at radius 3 is 1.00 bits per heavy atom. The van der Waals surface area contributed by atoms with Gasteiger partial charge in [-0.15, -0.1) is 0 Å². The number of carbonyl (C=O) groups excluding carboxylic acids is 4. The maximum Gasteiger partial charge on any atom is 0.385 e. The maximum atomic E-state index is 13.4. The molecule has 10 rings (SSSR count). The molecule has 58 heavy (non-hydrogen) atoms. The molecular formula is C48H26N4O6. The van der Waals surface area contributed by atoms with E-state index in [1.165, 1.54) is 0 Å². The molecule has 10 heteroatoms. The molecule has 0 aliphatic carbocycles. The van der Waals surface area contributed by atoms with Crippen LogP contribution in [0.15, 0.2) is 158 Å². The van der Waals surface area contributed by atoms with Gasteiger partial charge in [0.05, 0.1) is 33.5 Å². The number of ketones is 2. The van der Waals surface area contributed by atoms with E-state index in [0.717, 1.165) is 11.1 Å². The van der Waals surface area contributed by atoms with E-state index in [2.05, 4.69) is 0 Å². The number of ether oxygens (including phenoxy) is 2. The van der Waals surface area contributed by atoms with E-state index in [-0.39, 0.29) is 34.1 Å². The topological polar surface area (TPSA) is 138 Å². The molecule has 2 aliphatic heterocycles. The zero-order chi connectivity index (χ0) is 39.3. The SMILES string of the molecule is O=C1OC(c2ccccc2)=C(c2nc3ccc(-c4ccc5nc(C6=C(c7ccccc7)OC(=O)C6=O)c(-c6ccccc6)nc5c4)cc3nc2-c2ccccc2)C1=O. The molecule has 0 unspecified atom stereocenters. The Hall–Kier alpha value is -8.24. The second-order valence-corrected chi connectivity index (χ2v) is 13.6.